The number of halogens is 4. The molecule has 0 spiro atoms. The summed E-state index contributed by atoms with van der Waals surface area (Å²) in [6, 6.07) is 4.54. The van der Waals surface area contributed by atoms with Crippen LogP contribution >= 0.6 is 0 Å². The van der Waals surface area contributed by atoms with Crippen molar-refractivity contribution in [3.05, 3.63) is 59.7 Å². The Kier molecular flexibility index (Phi) is 5.23. The van der Waals surface area contributed by atoms with Gasteiger partial charge in [0.2, 0.25) is 16.6 Å². The zero-order valence-corrected chi connectivity index (χ0v) is 13.6. The van der Waals surface area contributed by atoms with Crippen LogP contribution in [0, 0.1) is 23.3 Å². The number of rotatable bonds is 6. The second kappa shape index (κ2) is 6.88. The highest BCUT2D eigenvalue weighted by Gasteiger charge is 2.30. The third-order valence-corrected chi connectivity index (χ3v) is 5.70. The van der Waals surface area contributed by atoms with Crippen molar-refractivity contribution in [3.63, 3.8) is 0 Å². The smallest absolute Gasteiger partial charge is 0.327 e. The fourth-order valence-electron chi connectivity index (χ4n) is 1.60. The molecule has 0 unspecified atom stereocenters. The van der Waals surface area contributed by atoms with E-state index in [4.69, 9.17) is 0 Å². The zero-order valence-electron chi connectivity index (χ0n) is 11.9. The molecule has 12 heteroatoms. The number of para-hydroxylation sites is 2. The second-order valence-corrected chi connectivity index (χ2v) is 8.01. The highest BCUT2D eigenvalue weighted by Crippen LogP contribution is 2.25. The lowest BCUT2D eigenvalue weighted by atomic mass is 10.3. The van der Waals surface area contributed by atoms with E-state index < -0.39 is 60.1 Å². The zero-order chi connectivity index (χ0) is 18.8. The standard InChI is InChI=1S/C13H8F4O6S2/c14-8-3-1-4-9(15)12(8)22-24(18,19)7-25(20,21)23-13-10(16)5-2-6-11(13)17/h1-6H,7H2. The summed E-state index contributed by atoms with van der Waals surface area (Å²) in [5, 5.41) is -1.94. The maximum atomic E-state index is 13.4. The van der Waals surface area contributed by atoms with Crippen LogP contribution in [0.3, 0.4) is 0 Å². The van der Waals surface area contributed by atoms with Crippen LogP contribution in [0.15, 0.2) is 36.4 Å². The van der Waals surface area contributed by atoms with Crippen molar-refractivity contribution in [3.8, 4) is 11.5 Å². The molecular formula is C13H8F4O6S2. The minimum atomic E-state index is -5.12. The van der Waals surface area contributed by atoms with Gasteiger partial charge in [0.05, 0.1) is 0 Å². The molecule has 0 fully saturated rings. The maximum Gasteiger partial charge on any atom is 0.327 e. The van der Waals surface area contributed by atoms with Crippen molar-refractivity contribution in [1.29, 1.82) is 0 Å². The van der Waals surface area contributed by atoms with Gasteiger partial charge >= 0.3 is 20.2 Å². The van der Waals surface area contributed by atoms with Gasteiger partial charge in [-0.2, -0.15) is 16.8 Å². The predicted molar refractivity (Wildman–Crippen MR) is 76.7 cm³/mol. The molecule has 0 heterocycles. The van der Waals surface area contributed by atoms with Crippen molar-refractivity contribution in [2.75, 3.05) is 5.08 Å². The summed E-state index contributed by atoms with van der Waals surface area (Å²) >= 11 is 0. The van der Waals surface area contributed by atoms with Crippen molar-refractivity contribution in [2.45, 2.75) is 0 Å². The average molecular weight is 400 g/mol. The van der Waals surface area contributed by atoms with Crippen LogP contribution in [0.1, 0.15) is 0 Å². The molecule has 2 aromatic rings. The predicted octanol–water partition coefficient (Wildman–Crippen LogP) is 2.32. The first-order valence-electron chi connectivity index (χ1n) is 6.23. The van der Waals surface area contributed by atoms with E-state index in [2.05, 4.69) is 8.37 Å². The molecular weight excluding hydrogens is 392 g/mol. The molecule has 0 aliphatic heterocycles. The summed E-state index contributed by atoms with van der Waals surface area (Å²) in [5.41, 5.74) is 0. The van der Waals surface area contributed by atoms with Crippen LogP contribution in [0.5, 0.6) is 11.5 Å². The highest BCUT2D eigenvalue weighted by atomic mass is 32.3. The summed E-state index contributed by atoms with van der Waals surface area (Å²) < 4.78 is 108. The third-order valence-electron chi connectivity index (χ3n) is 2.55. The van der Waals surface area contributed by atoms with Crippen molar-refractivity contribution < 1.29 is 42.8 Å². The van der Waals surface area contributed by atoms with E-state index in [-0.39, 0.29) is 0 Å². The summed E-state index contributed by atoms with van der Waals surface area (Å²) in [4.78, 5) is 0. The SMILES string of the molecule is O=S(=O)(CS(=O)(=O)Oc1c(F)cccc1F)Oc1c(F)cccc1F. The van der Waals surface area contributed by atoms with Crippen molar-refractivity contribution in [2.24, 2.45) is 0 Å². The van der Waals surface area contributed by atoms with Gasteiger partial charge in [0.15, 0.2) is 23.3 Å². The molecule has 2 rings (SSSR count). The Morgan fingerprint density at radius 1 is 0.640 bits per heavy atom. The molecule has 6 nitrogen and oxygen atoms in total. The van der Waals surface area contributed by atoms with Crippen molar-refractivity contribution in [1.82, 2.24) is 0 Å². The number of hydrogen-bond donors (Lipinski definition) is 0. The van der Waals surface area contributed by atoms with Gasteiger partial charge in [-0.25, -0.2) is 17.6 Å². The Bertz CT molecular complexity index is 883. The van der Waals surface area contributed by atoms with Crippen LogP contribution in [0.25, 0.3) is 0 Å². The Morgan fingerprint density at radius 2 is 0.920 bits per heavy atom. The summed E-state index contributed by atoms with van der Waals surface area (Å²) in [7, 11) is -10.2. The molecule has 0 N–H and O–H groups in total. The molecule has 0 saturated heterocycles. The molecule has 136 valence electrons. The van der Waals surface area contributed by atoms with Crippen LogP contribution in [0.2, 0.25) is 0 Å². The van der Waals surface area contributed by atoms with Gasteiger partial charge in [-0.3, -0.25) is 0 Å². The van der Waals surface area contributed by atoms with Gasteiger partial charge in [0.1, 0.15) is 0 Å². The second-order valence-electron chi connectivity index (χ2n) is 4.50. The minimum absolute atomic E-state index is 0.674. The number of benzene rings is 2. The Labute approximate surface area is 139 Å². The Hall–Kier alpha value is -2.34. The molecule has 25 heavy (non-hydrogen) atoms. The van der Waals surface area contributed by atoms with Crippen LogP contribution in [-0.4, -0.2) is 21.9 Å². The molecule has 0 radical (unpaired) electrons. The summed E-state index contributed by atoms with van der Waals surface area (Å²) in [5.74, 6) is -8.31. The molecule has 0 amide bonds. The van der Waals surface area contributed by atoms with Crippen LogP contribution in [0.4, 0.5) is 17.6 Å². The molecule has 0 aliphatic carbocycles. The third kappa shape index (κ3) is 4.82. The van der Waals surface area contributed by atoms with E-state index in [1.54, 1.807) is 0 Å². The quantitative estimate of drug-likeness (QED) is 0.546. The fourth-order valence-corrected chi connectivity index (χ4v) is 4.23. The van der Waals surface area contributed by atoms with Crippen LogP contribution < -0.4 is 8.37 Å². The lowest BCUT2D eigenvalue weighted by Crippen LogP contribution is -2.25. The molecule has 0 aromatic heterocycles. The largest absolute Gasteiger partial charge is 0.375 e. The van der Waals surface area contributed by atoms with E-state index in [1.807, 2.05) is 0 Å². The summed E-state index contributed by atoms with van der Waals surface area (Å²) in [6.07, 6.45) is 0. The van der Waals surface area contributed by atoms with Crippen molar-refractivity contribution >= 4 is 20.2 Å². The first kappa shape index (κ1) is 19.0. The first-order valence-corrected chi connectivity index (χ1v) is 9.38. The highest BCUT2D eigenvalue weighted by molar-refractivity contribution is 8.04. The molecule has 0 bridgehead atoms. The van der Waals surface area contributed by atoms with Gasteiger partial charge in [-0.15, -0.1) is 0 Å². The maximum absolute atomic E-state index is 13.4. The normalized spacial score (nSPS) is 12.0. The van der Waals surface area contributed by atoms with E-state index in [9.17, 15) is 34.4 Å². The van der Waals surface area contributed by atoms with Gasteiger partial charge in [0.25, 0.3) is 0 Å². The lowest BCUT2D eigenvalue weighted by molar-refractivity contribution is 0.425. The van der Waals surface area contributed by atoms with E-state index in [0.29, 0.717) is 24.3 Å². The Balaban J connectivity index is 2.24. The van der Waals surface area contributed by atoms with Gasteiger partial charge in [0, 0.05) is 0 Å². The monoisotopic (exact) mass is 400 g/mol. The molecule has 0 saturated carbocycles. The average Bonchev–Trinajstić information content (AvgIpc) is 2.46. The Morgan fingerprint density at radius 3 is 1.20 bits per heavy atom. The van der Waals surface area contributed by atoms with E-state index in [1.165, 1.54) is 0 Å². The van der Waals surface area contributed by atoms with E-state index >= 15 is 0 Å². The van der Waals surface area contributed by atoms with Gasteiger partial charge < -0.3 is 8.37 Å². The van der Waals surface area contributed by atoms with E-state index in [0.717, 1.165) is 12.1 Å². The number of hydrogen-bond acceptors (Lipinski definition) is 6. The molecule has 2 aromatic carbocycles. The minimum Gasteiger partial charge on any atom is -0.375 e. The first-order chi connectivity index (χ1) is 11.5. The molecule has 0 aliphatic rings. The van der Waals surface area contributed by atoms with Gasteiger partial charge in [-0.05, 0) is 24.3 Å². The molecule has 0 atom stereocenters. The fraction of sp³-hybridized carbons (Fsp3) is 0.0769. The lowest BCUT2D eigenvalue weighted by Gasteiger charge is -2.10. The van der Waals surface area contributed by atoms with Crippen LogP contribution in [-0.2, 0) is 20.2 Å². The summed E-state index contributed by atoms with van der Waals surface area (Å²) in [6.45, 7) is 0. The van der Waals surface area contributed by atoms with Gasteiger partial charge in [-0.1, -0.05) is 12.1 Å². The topological polar surface area (TPSA) is 86.7 Å².